The van der Waals surface area contributed by atoms with Gasteiger partial charge in [-0.2, -0.15) is 4.37 Å². The maximum absolute atomic E-state index is 12.5. The fraction of sp³-hybridized carbons (Fsp3) is 0.292. The second-order valence-electron chi connectivity index (χ2n) is 7.43. The first-order valence-electron chi connectivity index (χ1n) is 10.5. The van der Waals surface area contributed by atoms with Crippen molar-refractivity contribution >= 4 is 41.5 Å². The molecule has 0 aliphatic carbocycles. The fourth-order valence-electron chi connectivity index (χ4n) is 3.47. The third-order valence-electron chi connectivity index (χ3n) is 5.27. The van der Waals surface area contributed by atoms with E-state index in [1.54, 1.807) is 39.7 Å². The number of anilines is 1. The zero-order chi connectivity index (χ0) is 25.5. The van der Waals surface area contributed by atoms with Gasteiger partial charge in [0.2, 0.25) is 11.7 Å². The number of carbonyl (C=O) groups is 2. The molecule has 0 saturated carbocycles. The van der Waals surface area contributed by atoms with Crippen LogP contribution in [0.2, 0.25) is 0 Å². The second kappa shape index (κ2) is 13.0. The number of ether oxygens (including phenoxy) is 4. The van der Waals surface area contributed by atoms with Gasteiger partial charge in [-0.25, -0.2) is 0 Å². The zero-order valence-corrected chi connectivity index (χ0v) is 21.8. The van der Waals surface area contributed by atoms with Crippen molar-refractivity contribution in [2.45, 2.75) is 18.9 Å². The number of carbonyl (C=O) groups excluding carboxylic acids is 1. The molecule has 1 unspecified atom stereocenters. The van der Waals surface area contributed by atoms with Crippen LogP contribution in [0.1, 0.15) is 12.8 Å². The van der Waals surface area contributed by atoms with Crippen LogP contribution in [0.3, 0.4) is 0 Å². The van der Waals surface area contributed by atoms with E-state index in [1.165, 1.54) is 18.6 Å². The zero-order valence-electron chi connectivity index (χ0n) is 20.2. The maximum atomic E-state index is 12.5. The summed E-state index contributed by atoms with van der Waals surface area (Å²) in [6, 6.07) is 8.04. The average molecular weight is 538 g/mol. The van der Waals surface area contributed by atoms with Crippen molar-refractivity contribution in [1.29, 1.82) is 0 Å². The van der Waals surface area contributed by atoms with Crippen molar-refractivity contribution < 1.29 is 33.6 Å². The SMILES string of the molecule is COc1ccc(-c2cnsc2-c2cc(OC)c(OC)c(OC)c2)cc1NC(=O)C(N)CCC(=O)O.Cl. The van der Waals surface area contributed by atoms with Gasteiger partial charge >= 0.3 is 5.97 Å². The molecule has 0 saturated heterocycles. The molecule has 0 spiro atoms. The molecule has 3 aromatic rings. The predicted octanol–water partition coefficient (Wildman–Crippen LogP) is 4.06. The molecule has 36 heavy (non-hydrogen) atoms. The van der Waals surface area contributed by atoms with Crippen molar-refractivity contribution in [2.24, 2.45) is 5.73 Å². The van der Waals surface area contributed by atoms with Crippen molar-refractivity contribution in [3.05, 3.63) is 36.5 Å². The molecule has 0 fully saturated rings. The van der Waals surface area contributed by atoms with Gasteiger partial charge in [-0.3, -0.25) is 9.59 Å². The van der Waals surface area contributed by atoms with Crippen LogP contribution in [0.25, 0.3) is 21.6 Å². The number of nitrogens with two attached hydrogens (primary N) is 1. The van der Waals surface area contributed by atoms with Gasteiger partial charge in [0.15, 0.2) is 11.5 Å². The number of aromatic nitrogens is 1. The number of carboxylic acid groups (broad SMARTS) is 1. The molecule has 0 aliphatic heterocycles. The summed E-state index contributed by atoms with van der Waals surface area (Å²) in [5.74, 6) is 0.425. The smallest absolute Gasteiger partial charge is 0.303 e. The summed E-state index contributed by atoms with van der Waals surface area (Å²) >= 11 is 1.30. The normalized spacial score (nSPS) is 11.1. The number of carboxylic acids is 1. The largest absolute Gasteiger partial charge is 0.495 e. The van der Waals surface area contributed by atoms with Crippen LogP contribution in [-0.2, 0) is 9.59 Å². The number of amides is 1. The highest BCUT2D eigenvalue weighted by molar-refractivity contribution is 7.10. The molecule has 0 bridgehead atoms. The van der Waals surface area contributed by atoms with E-state index in [0.29, 0.717) is 28.7 Å². The van der Waals surface area contributed by atoms with E-state index in [0.717, 1.165) is 21.6 Å². The molecule has 12 heteroatoms. The number of nitrogens with zero attached hydrogens (tertiary/aromatic N) is 1. The van der Waals surface area contributed by atoms with E-state index >= 15 is 0 Å². The Bertz CT molecular complexity index is 1190. The molecular weight excluding hydrogens is 510 g/mol. The summed E-state index contributed by atoms with van der Waals surface area (Å²) in [5.41, 5.74) is 8.67. The molecule has 1 atom stereocenters. The summed E-state index contributed by atoms with van der Waals surface area (Å²) in [5, 5.41) is 11.6. The molecule has 194 valence electrons. The molecule has 1 amide bonds. The molecule has 10 nitrogen and oxygen atoms in total. The molecule has 0 radical (unpaired) electrons. The fourth-order valence-corrected chi connectivity index (χ4v) is 4.23. The Balaban J connectivity index is 0.00000456. The van der Waals surface area contributed by atoms with E-state index in [2.05, 4.69) is 9.69 Å². The standard InChI is InChI=1S/C24H27N3O7S.ClH/c1-31-18-7-5-13(9-17(18)27-24(30)16(25)6-8-21(28)29)15-12-26-35-23(15)14-10-19(32-2)22(34-4)20(11-14)33-3;/h5,7,9-12,16H,6,8,25H2,1-4H3,(H,27,30)(H,28,29);1H. The van der Waals surface area contributed by atoms with Crippen molar-refractivity contribution in [2.75, 3.05) is 33.8 Å². The number of hydrogen-bond donors (Lipinski definition) is 3. The van der Waals surface area contributed by atoms with Gasteiger partial charge in [0, 0.05) is 23.7 Å². The van der Waals surface area contributed by atoms with Crippen molar-refractivity contribution in [3.63, 3.8) is 0 Å². The number of aliphatic carboxylic acids is 1. The Kier molecular flexibility index (Phi) is 10.3. The summed E-state index contributed by atoms with van der Waals surface area (Å²) < 4.78 is 26.1. The first-order chi connectivity index (χ1) is 16.8. The number of hydrogen-bond acceptors (Lipinski definition) is 9. The van der Waals surface area contributed by atoms with E-state index in [9.17, 15) is 9.59 Å². The highest BCUT2D eigenvalue weighted by Crippen LogP contribution is 2.45. The number of methoxy groups -OCH3 is 4. The van der Waals surface area contributed by atoms with Gasteiger partial charge in [-0.05, 0) is 47.8 Å². The van der Waals surface area contributed by atoms with Crippen LogP contribution in [0.15, 0.2) is 36.5 Å². The van der Waals surface area contributed by atoms with Crippen LogP contribution < -0.4 is 30.0 Å². The van der Waals surface area contributed by atoms with Crippen LogP contribution in [-0.4, -0.2) is 55.8 Å². The Morgan fingerprint density at radius 1 is 1.00 bits per heavy atom. The predicted molar refractivity (Wildman–Crippen MR) is 140 cm³/mol. The van der Waals surface area contributed by atoms with E-state index < -0.39 is 17.9 Å². The molecule has 1 heterocycles. The van der Waals surface area contributed by atoms with E-state index in [4.69, 9.17) is 29.8 Å². The van der Waals surface area contributed by atoms with Gasteiger partial charge in [0.1, 0.15) is 5.75 Å². The lowest BCUT2D eigenvalue weighted by Crippen LogP contribution is -2.36. The minimum absolute atomic E-state index is 0. The van der Waals surface area contributed by atoms with Crippen molar-refractivity contribution in [3.8, 4) is 44.6 Å². The molecule has 2 aromatic carbocycles. The monoisotopic (exact) mass is 537 g/mol. The van der Waals surface area contributed by atoms with Gasteiger partial charge in [0.25, 0.3) is 0 Å². The van der Waals surface area contributed by atoms with Crippen LogP contribution in [0.5, 0.6) is 23.0 Å². The van der Waals surface area contributed by atoms with Gasteiger partial charge < -0.3 is 35.1 Å². The lowest BCUT2D eigenvalue weighted by Gasteiger charge is -2.16. The average Bonchev–Trinajstić information content (AvgIpc) is 3.36. The van der Waals surface area contributed by atoms with Crippen molar-refractivity contribution in [1.82, 2.24) is 4.37 Å². The van der Waals surface area contributed by atoms with Gasteiger partial charge in [-0.15, -0.1) is 12.4 Å². The number of nitrogens with one attached hydrogen (secondary N) is 1. The molecule has 3 rings (SSSR count). The third-order valence-corrected chi connectivity index (χ3v) is 6.12. The molecular formula is C24H28ClN3O7S. The minimum atomic E-state index is -1.02. The summed E-state index contributed by atoms with van der Waals surface area (Å²) in [7, 11) is 6.13. The highest BCUT2D eigenvalue weighted by Gasteiger charge is 2.20. The van der Waals surface area contributed by atoms with Crippen LogP contribution >= 0.6 is 23.9 Å². The quantitative estimate of drug-likeness (QED) is 0.330. The molecule has 4 N–H and O–H groups in total. The summed E-state index contributed by atoms with van der Waals surface area (Å²) in [4.78, 5) is 24.2. The highest BCUT2D eigenvalue weighted by atomic mass is 35.5. The summed E-state index contributed by atoms with van der Waals surface area (Å²) in [6.07, 6.45) is 1.54. The topological polar surface area (TPSA) is 142 Å². The number of rotatable bonds is 11. The molecule has 0 aliphatic rings. The van der Waals surface area contributed by atoms with E-state index in [-0.39, 0.29) is 25.2 Å². The second-order valence-corrected chi connectivity index (χ2v) is 8.23. The lowest BCUT2D eigenvalue weighted by atomic mass is 10.0. The van der Waals surface area contributed by atoms with Crippen LogP contribution in [0, 0.1) is 0 Å². The van der Waals surface area contributed by atoms with E-state index in [1.807, 2.05) is 18.2 Å². The maximum Gasteiger partial charge on any atom is 0.303 e. The molecule has 1 aromatic heterocycles. The Morgan fingerprint density at radius 3 is 2.19 bits per heavy atom. The number of halogens is 1. The Labute approximate surface area is 218 Å². The third kappa shape index (κ3) is 6.36. The summed E-state index contributed by atoms with van der Waals surface area (Å²) in [6.45, 7) is 0. The Hall–Kier alpha value is -3.54. The van der Waals surface area contributed by atoms with Gasteiger partial charge in [-0.1, -0.05) is 6.07 Å². The van der Waals surface area contributed by atoms with Gasteiger partial charge in [0.05, 0.1) is 45.0 Å². The first kappa shape index (κ1) is 28.7. The number of benzene rings is 2. The Morgan fingerprint density at radius 2 is 1.64 bits per heavy atom. The van der Waals surface area contributed by atoms with Crippen LogP contribution in [0.4, 0.5) is 5.69 Å². The first-order valence-corrected chi connectivity index (χ1v) is 11.3. The lowest BCUT2D eigenvalue weighted by molar-refractivity contribution is -0.137. The minimum Gasteiger partial charge on any atom is -0.495 e.